The average molecular weight is 222 g/mol. The summed E-state index contributed by atoms with van der Waals surface area (Å²) in [4.78, 5) is 24.5. The number of allylic oxidation sites excluding steroid dienone is 1. The van der Waals surface area contributed by atoms with Crippen LogP contribution in [0.15, 0.2) is 12.7 Å². The van der Waals surface area contributed by atoms with Gasteiger partial charge in [-0.25, -0.2) is 4.79 Å². The normalized spacial score (nSPS) is 18.2. The number of hydrogen-bond acceptors (Lipinski definition) is 4. The van der Waals surface area contributed by atoms with Crippen LogP contribution in [0.25, 0.3) is 0 Å². The molecule has 1 amide bonds. The Balaban J connectivity index is 2.40. The quantitative estimate of drug-likeness (QED) is 0.505. The third kappa shape index (κ3) is 2.83. The summed E-state index contributed by atoms with van der Waals surface area (Å²) in [7, 11) is 0. The zero-order valence-corrected chi connectivity index (χ0v) is 9.02. The number of carbonyl (C=O) groups is 2. The van der Waals surface area contributed by atoms with Crippen molar-refractivity contribution in [3.63, 3.8) is 0 Å². The molecule has 0 aliphatic carbocycles. The third-order valence-corrected chi connectivity index (χ3v) is 2.45. The number of carbonyl (C=O) groups excluding carboxylic acids is 2. The summed E-state index contributed by atoms with van der Waals surface area (Å²) in [5.74, 6) is -0.551. The van der Waals surface area contributed by atoms with Crippen LogP contribution in [0.1, 0.15) is 19.3 Å². The SMILES string of the molecule is C=CCCC(=O)N1CCC1C(=O)OCC#N. The van der Waals surface area contributed by atoms with E-state index in [1.807, 2.05) is 0 Å². The Morgan fingerprint density at radius 1 is 1.62 bits per heavy atom. The van der Waals surface area contributed by atoms with Gasteiger partial charge in [0.15, 0.2) is 6.61 Å². The smallest absolute Gasteiger partial charge is 0.329 e. The molecule has 1 rings (SSSR count). The van der Waals surface area contributed by atoms with Crippen LogP contribution in [-0.2, 0) is 14.3 Å². The topological polar surface area (TPSA) is 70.4 Å². The minimum atomic E-state index is -0.495. The second-order valence-electron chi connectivity index (χ2n) is 3.48. The monoisotopic (exact) mass is 222 g/mol. The highest BCUT2D eigenvalue weighted by Crippen LogP contribution is 2.20. The molecule has 0 N–H and O–H groups in total. The summed E-state index contributed by atoms with van der Waals surface area (Å²) in [5, 5.41) is 8.26. The Labute approximate surface area is 94.3 Å². The van der Waals surface area contributed by atoms with E-state index in [4.69, 9.17) is 5.26 Å². The summed E-state index contributed by atoms with van der Waals surface area (Å²) < 4.78 is 4.67. The van der Waals surface area contributed by atoms with Gasteiger partial charge < -0.3 is 9.64 Å². The first kappa shape index (κ1) is 12.2. The van der Waals surface area contributed by atoms with Gasteiger partial charge in [-0.3, -0.25) is 4.79 Å². The van der Waals surface area contributed by atoms with Gasteiger partial charge in [-0.15, -0.1) is 6.58 Å². The molecule has 5 nitrogen and oxygen atoms in total. The van der Waals surface area contributed by atoms with Gasteiger partial charge in [0.2, 0.25) is 5.91 Å². The fourth-order valence-corrected chi connectivity index (χ4v) is 1.50. The van der Waals surface area contributed by atoms with Crippen LogP contribution in [0.5, 0.6) is 0 Å². The summed E-state index contributed by atoms with van der Waals surface area (Å²) >= 11 is 0. The molecule has 16 heavy (non-hydrogen) atoms. The molecule has 0 radical (unpaired) electrons. The summed E-state index contributed by atoms with van der Waals surface area (Å²) in [6, 6.07) is 1.23. The predicted molar refractivity (Wildman–Crippen MR) is 56.1 cm³/mol. The van der Waals surface area contributed by atoms with E-state index in [0.29, 0.717) is 25.8 Å². The molecule has 1 heterocycles. The van der Waals surface area contributed by atoms with Crippen molar-refractivity contribution in [3.8, 4) is 6.07 Å². The Morgan fingerprint density at radius 3 is 2.88 bits per heavy atom. The summed E-state index contributed by atoms with van der Waals surface area (Å²) in [5.41, 5.74) is 0. The van der Waals surface area contributed by atoms with Crippen LogP contribution in [0.2, 0.25) is 0 Å². The number of rotatable bonds is 5. The molecule has 0 saturated carbocycles. The molecule has 0 aromatic carbocycles. The van der Waals surface area contributed by atoms with E-state index >= 15 is 0 Å². The lowest BCUT2D eigenvalue weighted by Crippen LogP contribution is -2.55. The van der Waals surface area contributed by atoms with Gasteiger partial charge >= 0.3 is 5.97 Å². The summed E-state index contributed by atoms with van der Waals surface area (Å²) in [6.45, 7) is 3.86. The minimum absolute atomic E-state index is 0.0648. The maximum absolute atomic E-state index is 11.6. The number of amides is 1. The molecule has 0 spiro atoms. The van der Waals surface area contributed by atoms with E-state index in [9.17, 15) is 9.59 Å². The number of nitriles is 1. The van der Waals surface area contributed by atoms with Gasteiger partial charge in [0.05, 0.1) is 0 Å². The predicted octanol–water partition coefficient (Wildman–Crippen LogP) is 0.620. The van der Waals surface area contributed by atoms with Crippen LogP contribution in [0.3, 0.4) is 0 Å². The molecule has 1 aliphatic heterocycles. The van der Waals surface area contributed by atoms with E-state index in [-0.39, 0.29) is 12.5 Å². The second-order valence-corrected chi connectivity index (χ2v) is 3.48. The number of nitrogens with zero attached hydrogens (tertiary/aromatic N) is 2. The van der Waals surface area contributed by atoms with Crippen molar-refractivity contribution in [3.05, 3.63) is 12.7 Å². The van der Waals surface area contributed by atoms with E-state index in [2.05, 4.69) is 11.3 Å². The van der Waals surface area contributed by atoms with Crippen molar-refractivity contribution in [2.75, 3.05) is 13.2 Å². The molecular weight excluding hydrogens is 208 g/mol. The molecule has 1 aliphatic rings. The molecule has 86 valence electrons. The maximum atomic E-state index is 11.6. The van der Waals surface area contributed by atoms with Crippen LogP contribution in [-0.4, -0.2) is 36.0 Å². The molecule has 0 aromatic rings. The first-order valence-corrected chi connectivity index (χ1v) is 5.14. The molecule has 1 fully saturated rings. The van der Waals surface area contributed by atoms with Crippen LogP contribution < -0.4 is 0 Å². The maximum Gasteiger partial charge on any atom is 0.329 e. The highest BCUT2D eigenvalue weighted by Gasteiger charge is 2.38. The number of esters is 1. The zero-order valence-electron chi connectivity index (χ0n) is 9.02. The summed E-state index contributed by atoms with van der Waals surface area (Å²) in [6.07, 6.45) is 3.26. The van der Waals surface area contributed by atoms with Gasteiger partial charge in [-0.1, -0.05) is 6.08 Å². The van der Waals surface area contributed by atoms with E-state index < -0.39 is 12.0 Å². The van der Waals surface area contributed by atoms with E-state index in [0.717, 1.165) is 0 Å². The Kier molecular flexibility index (Phi) is 4.52. The number of hydrogen-bond donors (Lipinski definition) is 0. The van der Waals surface area contributed by atoms with E-state index in [1.165, 1.54) is 4.90 Å². The molecule has 5 heteroatoms. The lowest BCUT2D eigenvalue weighted by Gasteiger charge is -2.38. The van der Waals surface area contributed by atoms with Crippen molar-refractivity contribution in [1.82, 2.24) is 4.90 Å². The second kappa shape index (κ2) is 5.91. The first-order chi connectivity index (χ1) is 7.70. The number of likely N-dealkylation sites (tertiary alicyclic amines) is 1. The van der Waals surface area contributed by atoms with Gasteiger partial charge in [0.25, 0.3) is 0 Å². The third-order valence-electron chi connectivity index (χ3n) is 2.45. The zero-order chi connectivity index (χ0) is 12.0. The first-order valence-electron chi connectivity index (χ1n) is 5.14. The number of ether oxygens (including phenoxy) is 1. The van der Waals surface area contributed by atoms with Gasteiger partial charge in [-0.2, -0.15) is 5.26 Å². The van der Waals surface area contributed by atoms with Crippen molar-refractivity contribution in [1.29, 1.82) is 5.26 Å². The van der Waals surface area contributed by atoms with Gasteiger partial charge in [-0.05, 0) is 12.8 Å². The molecule has 1 atom stereocenters. The van der Waals surface area contributed by atoms with Crippen molar-refractivity contribution in [2.45, 2.75) is 25.3 Å². The molecule has 1 saturated heterocycles. The van der Waals surface area contributed by atoms with Crippen molar-refractivity contribution < 1.29 is 14.3 Å². The van der Waals surface area contributed by atoms with Gasteiger partial charge in [0, 0.05) is 13.0 Å². The lowest BCUT2D eigenvalue weighted by atomic mass is 10.0. The molecule has 0 aromatic heterocycles. The Morgan fingerprint density at radius 2 is 2.38 bits per heavy atom. The van der Waals surface area contributed by atoms with Crippen LogP contribution in [0, 0.1) is 11.3 Å². The van der Waals surface area contributed by atoms with Gasteiger partial charge in [0.1, 0.15) is 12.1 Å². The van der Waals surface area contributed by atoms with Crippen LogP contribution >= 0.6 is 0 Å². The largest absolute Gasteiger partial charge is 0.449 e. The standard InChI is InChI=1S/C11H14N2O3/c1-2-3-4-10(14)13-7-5-9(13)11(15)16-8-6-12/h2,9H,1,3-5,7-8H2. The fraction of sp³-hybridized carbons (Fsp3) is 0.545. The molecular formula is C11H14N2O3. The van der Waals surface area contributed by atoms with Crippen molar-refractivity contribution >= 4 is 11.9 Å². The Bertz CT molecular complexity index is 333. The van der Waals surface area contributed by atoms with E-state index in [1.54, 1.807) is 12.1 Å². The lowest BCUT2D eigenvalue weighted by molar-refractivity contribution is -0.160. The highest BCUT2D eigenvalue weighted by molar-refractivity contribution is 5.86. The fourth-order valence-electron chi connectivity index (χ4n) is 1.50. The Hall–Kier alpha value is -1.83. The van der Waals surface area contributed by atoms with Crippen molar-refractivity contribution in [2.24, 2.45) is 0 Å². The highest BCUT2D eigenvalue weighted by atomic mass is 16.5. The molecule has 1 unspecified atom stereocenters. The molecule has 0 bridgehead atoms. The van der Waals surface area contributed by atoms with Crippen LogP contribution in [0.4, 0.5) is 0 Å². The average Bonchev–Trinajstić information content (AvgIpc) is 2.21. The minimum Gasteiger partial charge on any atom is -0.449 e.